The highest BCUT2D eigenvalue weighted by atomic mass is 16.4. The number of fused-ring (bicyclic) bond motifs is 1. The lowest BCUT2D eigenvalue weighted by Crippen LogP contribution is -2.29. The van der Waals surface area contributed by atoms with Crippen LogP contribution in [-0.4, -0.2) is 5.11 Å². The van der Waals surface area contributed by atoms with E-state index in [1.165, 1.54) is 0 Å². The first-order valence-corrected chi connectivity index (χ1v) is 6.45. The highest BCUT2D eigenvalue weighted by Crippen LogP contribution is 2.46. The van der Waals surface area contributed by atoms with Crippen LogP contribution in [0.5, 0.6) is 0 Å². The second-order valence-electron chi connectivity index (χ2n) is 5.07. The summed E-state index contributed by atoms with van der Waals surface area (Å²) in [5.41, 5.74) is 0.131. The molecule has 3 rings (SSSR count). The van der Waals surface area contributed by atoms with E-state index in [1.807, 2.05) is 30.3 Å². The Kier molecular flexibility index (Phi) is 2.48. The van der Waals surface area contributed by atoms with Gasteiger partial charge in [-0.1, -0.05) is 31.5 Å². The average molecular weight is 230 g/mol. The lowest BCUT2D eigenvalue weighted by molar-refractivity contribution is -0.0221. The third-order valence-corrected chi connectivity index (χ3v) is 4.13. The third-order valence-electron chi connectivity index (χ3n) is 4.13. The molecule has 1 heterocycles. The lowest BCUT2D eigenvalue weighted by Gasteiger charge is -2.27. The van der Waals surface area contributed by atoms with Crippen molar-refractivity contribution >= 4 is 11.0 Å². The predicted molar refractivity (Wildman–Crippen MR) is 67.7 cm³/mol. The largest absolute Gasteiger partial charge is 0.458 e. The van der Waals surface area contributed by atoms with E-state index in [4.69, 9.17) is 4.42 Å². The third kappa shape index (κ3) is 1.59. The molecule has 0 radical (unpaired) electrons. The van der Waals surface area contributed by atoms with Gasteiger partial charge in [-0.05, 0) is 37.3 Å². The second kappa shape index (κ2) is 3.88. The van der Waals surface area contributed by atoms with Crippen molar-refractivity contribution in [3.63, 3.8) is 0 Å². The van der Waals surface area contributed by atoms with Gasteiger partial charge in [0.1, 0.15) is 16.9 Å². The first-order valence-electron chi connectivity index (χ1n) is 6.45. The van der Waals surface area contributed by atoms with Crippen LogP contribution in [0, 0.1) is 5.92 Å². The normalized spacial score (nSPS) is 28.9. The Morgan fingerprint density at radius 1 is 1.41 bits per heavy atom. The summed E-state index contributed by atoms with van der Waals surface area (Å²) in [5.74, 6) is 1.09. The summed E-state index contributed by atoms with van der Waals surface area (Å²) in [6, 6.07) is 9.95. The maximum absolute atomic E-state index is 10.8. The van der Waals surface area contributed by atoms with Gasteiger partial charge in [-0.2, -0.15) is 0 Å². The summed E-state index contributed by atoms with van der Waals surface area (Å²) >= 11 is 0. The van der Waals surface area contributed by atoms with E-state index >= 15 is 0 Å². The maximum atomic E-state index is 10.8. The van der Waals surface area contributed by atoms with Gasteiger partial charge in [0.15, 0.2) is 0 Å². The molecule has 1 aromatic carbocycles. The molecule has 0 bridgehead atoms. The lowest BCUT2D eigenvalue weighted by atomic mass is 9.86. The van der Waals surface area contributed by atoms with Gasteiger partial charge in [-0.15, -0.1) is 0 Å². The van der Waals surface area contributed by atoms with Crippen LogP contribution in [0.25, 0.3) is 11.0 Å². The van der Waals surface area contributed by atoms with Crippen LogP contribution in [0.15, 0.2) is 34.7 Å². The van der Waals surface area contributed by atoms with Crippen molar-refractivity contribution in [2.75, 3.05) is 0 Å². The number of hydrogen-bond donors (Lipinski definition) is 1. The van der Waals surface area contributed by atoms with Crippen LogP contribution in [0.1, 0.15) is 38.4 Å². The van der Waals surface area contributed by atoms with E-state index in [9.17, 15) is 5.11 Å². The number of furan rings is 1. The number of hydrogen-bond acceptors (Lipinski definition) is 2. The van der Waals surface area contributed by atoms with Gasteiger partial charge in [0.05, 0.1) is 0 Å². The van der Waals surface area contributed by atoms with E-state index in [0.29, 0.717) is 5.92 Å². The molecule has 1 aliphatic rings. The minimum atomic E-state index is -0.742. The molecule has 17 heavy (non-hydrogen) atoms. The van der Waals surface area contributed by atoms with Crippen molar-refractivity contribution in [2.45, 2.75) is 38.2 Å². The van der Waals surface area contributed by atoms with Crippen LogP contribution in [0.2, 0.25) is 0 Å². The van der Waals surface area contributed by atoms with Gasteiger partial charge in [0.2, 0.25) is 0 Å². The quantitative estimate of drug-likeness (QED) is 0.850. The monoisotopic (exact) mass is 230 g/mol. The number of rotatable bonds is 2. The summed E-state index contributed by atoms with van der Waals surface area (Å²) in [5, 5.41) is 11.9. The second-order valence-corrected chi connectivity index (χ2v) is 5.07. The molecule has 1 saturated carbocycles. The Balaban J connectivity index is 2.08. The zero-order valence-electron chi connectivity index (χ0n) is 10.1. The summed E-state index contributed by atoms with van der Waals surface area (Å²) in [7, 11) is 0. The number of aliphatic hydroxyl groups is 1. The standard InChI is InChI=1S/C15H18O2/c1-2-12-7-5-9-15(12,16)14-10-11-6-3-4-8-13(11)17-14/h3-4,6,8,10,12,16H,2,5,7,9H2,1H3. The van der Waals surface area contributed by atoms with Crippen molar-refractivity contribution < 1.29 is 9.52 Å². The molecular weight excluding hydrogens is 212 g/mol. The van der Waals surface area contributed by atoms with E-state index in [-0.39, 0.29) is 0 Å². The maximum Gasteiger partial charge on any atom is 0.137 e. The molecule has 1 aliphatic carbocycles. The van der Waals surface area contributed by atoms with Crippen LogP contribution in [0.3, 0.4) is 0 Å². The van der Waals surface area contributed by atoms with Gasteiger partial charge in [0, 0.05) is 5.39 Å². The topological polar surface area (TPSA) is 33.4 Å². The van der Waals surface area contributed by atoms with Gasteiger partial charge in [-0.25, -0.2) is 0 Å². The highest BCUT2D eigenvalue weighted by Gasteiger charge is 2.44. The molecule has 2 nitrogen and oxygen atoms in total. The zero-order chi connectivity index (χ0) is 11.9. The van der Waals surface area contributed by atoms with Crippen molar-refractivity contribution in [3.05, 3.63) is 36.1 Å². The molecule has 2 atom stereocenters. The van der Waals surface area contributed by atoms with E-state index < -0.39 is 5.60 Å². The summed E-state index contributed by atoms with van der Waals surface area (Å²) in [4.78, 5) is 0. The molecule has 1 aromatic heterocycles. The van der Waals surface area contributed by atoms with Gasteiger partial charge >= 0.3 is 0 Å². The number of benzene rings is 1. The molecule has 0 spiro atoms. The first-order chi connectivity index (χ1) is 8.24. The zero-order valence-corrected chi connectivity index (χ0v) is 10.1. The average Bonchev–Trinajstić information content (AvgIpc) is 2.92. The fraction of sp³-hybridized carbons (Fsp3) is 0.467. The Morgan fingerprint density at radius 3 is 3.00 bits per heavy atom. The first kappa shape index (κ1) is 10.8. The molecule has 2 heteroatoms. The Hall–Kier alpha value is -1.28. The SMILES string of the molecule is CCC1CCCC1(O)c1cc2ccccc2o1. The Labute approximate surface area is 101 Å². The minimum absolute atomic E-state index is 0.336. The van der Waals surface area contributed by atoms with Crippen LogP contribution >= 0.6 is 0 Å². The van der Waals surface area contributed by atoms with Crippen LogP contribution < -0.4 is 0 Å². The van der Waals surface area contributed by atoms with Crippen molar-refractivity contribution in [1.29, 1.82) is 0 Å². The minimum Gasteiger partial charge on any atom is -0.458 e. The summed E-state index contributed by atoms with van der Waals surface area (Å²) in [6.07, 6.45) is 4.02. The fourth-order valence-electron chi connectivity index (χ4n) is 3.12. The Morgan fingerprint density at radius 2 is 2.24 bits per heavy atom. The summed E-state index contributed by atoms with van der Waals surface area (Å²) < 4.78 is 5.84. The molecule has 2 unspecified atom stereocenters. The molecule has 1 fully saturated rings. The Bertz CT molecular complexity index is 495. The van der Waals surface area contributed by atoms with E-state index in [1.54, 1.807) is 0 Å². The molecule has 0 aliphatic heterocycles. The van der Waals surface area contributed by atoms with E-state index in [2.05, 4.69) is 6.92 Å². The highest BCUT2D eigenvalue weighted by molar-refractivity contribution is 5.77. The predicted octanol–water partition coefficient (Wildman–Crippen LogP) is 3.83. The van der Waals surface area contributed by atoms with Gasteiger partial charge in [0.25, 0.3) is 0 Å². The smallest absolute Gasteiger partial charge is 0.137 e. The van der Waals surface area contributed by atoms with Gasteiger partial charge in [-0.3, -0.25) is 0 Å². The molecular formula is C15H18O2. The van der Waals surface area contributed by atoms with Crippen molar-refractivity contribution in [2.24, 2.45) is 5.92 Å². The van der Waals surface area contributed by atoms with Crippen LogP contribution in [-0.2, 0) is 5.60 Å². The van der Waals surface area contributed by atoms with Gasteiger partial charge < -0.3 is 9.52 Å². The summed E-state index contributed by atoms with van der Waals surface area (Å²) in [6.45, 7) is 2.14. The number of para-hydroxylation sites is 1. The molecule has 2 aromatic rings. The van der Waals surface area contributed by atoms with Crippen molar-refractivity contribution in [3.8, 4) is 0 Å². The molecule has 1 N–H and O–H groups in total. The molecule has 0 amide bonds. The fourth-order valence-corrected chi connectivity index (χ4v) is 3.12. The molecule has 90 valence electrons. The van der Waals surface area contributed by atoms with Crippen LogP contribution in [0.4, 0.5) is 0 Å². The van der Waals surface area contributed by atoms with Crippen molar-refractivity contribution in [1.82, 2.24) is 0 Å². The molecule has 0 saturated heterocycles. The van der Waals surface area contributed by atoms with E-state index in [0.717, 1.165) is 42.4 Å².